The van der Waals surface area contributed by atoms with Crippen molar-refractivity contribution in [3.8, 4) is 0 Å². The van der Waals surface area contributed by atoms with E-state index in [0.717, 1.165) is 4.31 Å². The van der Waals surface area contributed by atoms with Crippen LogP contribution in [0.15, 0.2) is 47.5 Å². The number of hydrogen-bond acceptors (Lipinski definition) is 4. The van der Waals surface area contributed by atoms with E-state index >= 15 is 0 Å². The molecule has 0 N–H and O–H groups in total. The molecule has 1 aromatic heterocycles. The zero-order valence-corrected chi connectivity index (χ0v) is 17.8. The second-order valence-corrected chi connectivity index (χ2v) is 9.29. The number of aromatic nitrogens is 1. The number of piperazine rings is 1. The van der Waals surface area contributed by atoms with Gasteiger partial charge in [0.05, 0.1) is 16.0 Å². The lowest BCUT2D eigenvalue weighted by Gasteiger charge is -2.34. The molecule has 0 atom stereocenters. The lowest BCUT2D eigenvalue weighted by molar-refractivity contribution is -0.143. The van der Waals surface area contributed by atoms with E-state index in [2.05, 4.69) is 4.98 Å². The number of hydrogen-bond donors (Lipinski definition) is 0. The molecular formula is C20H19F6N3O3S. The molecule has 6 nitrogen and oxygen atoms in total. The van der Waals surface area contributed by atoms with Crippen LogP contribution in [0.3, 0.4) is 0 Å². The highest BCUT2D eigenvalue weighted by Gasteiger charge is 2.39. The minimum absolute atomic E-state index is 0.0363. The molecule has 0 saturated carbocycles. The van der Waals surface area contributed by atoms with Gasteiger partial charge < -0.3 is 4.90 Å². The third-order valence-electron chi connectivity index (χ3n) is 5.11. The van der Waals surface area contributed by atoms with Crippen molar-refractivity contribution in [2.45, 2.75) is 30.1 Å². The molecule has 13 heteroatoms. The van der Waals surface area contributed by atoms with E-state index in [1.807, 2.05) is 0 Å². The van der Waals surface area contributed by atoms with Gasteiger partial charge in [0.2, 0.25) is 15.9 Å². The molecule has 0 aliphatic carbocycles. The molecule has 1 fully saturated rings. The predicted molar refractivity (Wildman–Crippen MR) is 104 cm³/mol. The van der Waals surface area contributed by atoms with Gasteiger partial charge in [0, 0.05) is 44.5 Å². The van der Waals surface area contributed by atoms with Gasteiger partial charge in [-0.25, -0.2) is 8.42 Å². The largest absolute Gasteiger partial charge is 0.416 e. The maximum Gasteiger partial charge on any atom is 0.416 e. The lowest BCUT2D eigenvalue weighted by Crippen LogP contribution is -2.50. The number of carbonyl (C=O) groups excluding carboxylic acids is 1. The van der Waals surface area contributed by atoms with Crippen molar-refractivity contribution >= 4 is 15.9 Å². The van der Waals surface area contributed by atoms with Gasteiger partial charge in [-0.3, -0.25) is 9.78 Å². The molecule has 0 spiro atoms. The molecule has 180 valence electrons. The summed E-state index contributed by atoms with van der Waals surface area (Å²) in [5, 5.41) is 0. The van der Waals surface area contributed by atoms with Gasteiger partial charge in [0.25, 0.3) is 0 Å². The molecule has 1 amide bonds. The number of halogens is 6. The summed E-state index contributed by atoms with van der Waals surface area (Å²) < 4.78 is 105. The summed E-state index contributed by atoms with van der Waals surface area (Å²) in [5.41, 5.74) is -2.71. The minimum atomic E-state index is -5.16. The van der Waals surface area contributed by atoms with Gasteiger partial charge >= 0.3 is 12.4 Å². The first-order valence-electron chi connectivity index (χ1n) is 9.76. The number of nitrogens with zero attached hydrogens (tertiary/aromatic N) is 3. The first kappa shape index (κ1) is 25.0. The Hall–Kier alpha value is -2.67. The fourth-order valence-electron chi connectivity index (χ4n) is 3.34. The van der Waals surface area contributed by atoms with Crippen LogP contribution < -0.4 is 0 Å². The molecule has 2 aromatic rings. The number of carbonyl (C=O) groups is 1. The van der Waals surface area contributed by atoms with E-state index in [-0.39, 0.29) is 56.7 Å². The van der Waals surface area contributed by atoms with E-state index < -0.39 is 38.4 Å². The molecular weight excluding hydrogens is 476 g/mol. The monoisotopic (exact) mass is 495 g/mol. The SMILES string of the molecule is O=C(CCc1ccccn1)N1CCN(S(=O)(=O)c2cc(C(F)(F)F)cc(C(F)(F)F)c2)CC1. The molecule has 0 bridgehead atoms. The highest BCUT2D eigenvalue weighted by atomic mass is 32.2. The maximum atomic E-state index is 13.1. The number of aryl methyl sites for hydroxylation is 1. The van der Waals surface area contributed by atoms with Gasteiger partial charge in [0.15, 0.2) is 0 Å². The maximum absolute atomic E-state index is 13.1. The predicted octanol–water partition coefficient (Wildman–Crippen LogP) is 3.58. The molecule has 3 rings (SSSR count). The molecule has 1 saturated heterocycles. The molecule has 0 radical (unpaired) electrons. The molecule has 33 heavy (non-hydrogen) atoms. The molecule has 1 aliphatic rings. The third kappa shape index (κ3) is 6.02. The van der Waals surface area contributed by atoms with Crippen molar-refractivity contribution in [3.63, 3.8) is 0 Å². The zero-order chi connectivity index (χ0) is 24.4. The van der Waals surface area contributed by atoms with E-state index in [4.69, 9.17) is 0 Å². The quantitative estimate of drug-likeness (QED) is 0.595. The van der Waals surface area contributed by atoms with Gasteiger partial charge in [-0.05, 0) is 36.8 Å². The summed E-state index contributed by atoms with van der Waals surface area (Å²) in [6.07, 6.45) is -8.23. The fraction of sp³-hybridized carbons (Fsp3) is 0.400. The normalized spacial score (nSPS) is 16.1. The number of rotatable bonds is 5. The van der Waals surface area contributed by atoms with Crippen LogP contribution in [0, 0.1) is 0 Å². The third-order valence-corrected chi connectivity index (χ3v) is 6.99. The minimum Gasteiger partial charge on any atom is -0.340 e. The van der Waals surface area contributed by atoms with Crippen LogP contribution in [0.4, 0.5) is 26.3 Å². The number of alkyl halides is 6. The van der Waals surface area contributed by atoms with Crippen molar-refractivity contribution in [2.75, 3.05) is 26.2 Å². The Labute approximate surface area is 185 Å². The Bertz CT molecular complexity index is 1060. The van der Waals surface area contributed by atoms with Crippen LogP contribution in [0.25, 0.3) is 0 Å². The summed E-state index contributed by atoms with van der Waals surface area (Å²) >= 11 is 0. The Morgan fingerprint density at radius 1 is 0.909 bits per heavy atom. The Balaban J connectivity index is 1.72. The van der Waals surface area contributed by atoms with E-state index in [1.54, 1.807) is 24.4 Å². The van der Waals surface area contributed by atoms with Crippen molar-refractivity contribution in [2.24, 2.45) is 0 Å². The molecule has 1 aromatic carbocycles. The van der Waals surface area contributed by atoms with Crippen LogP contribution in [0.5, 0.6) is 0 Å². The van der Waals surface area contributed by atoms with Crippen molar-refractivity contribution in [3.05, 3.63) is 59.4 Å². The first-order chi connectivity index (χ1) is 15.3. The fourth-order valence-corrected chi connectivity index (χ4v) is 4.84. The number of amides is 1. The summed E-state index contributed by atoms with van der Waals surface area (Å²) in [6.45, 7) is -0.582. The number of pyridine rings is 1. The van der Waals surface area contributed by atoms with Gasteiger partial charge in [-0.2, -0.15) is 30.6 Å². The Morgan fingerprint density at radius 2 is 1.48 bits per heavy atom. The second kappa shape index (κ2) is 9.29. The summed E-state index contributed by atoms with van der Waals surface area (Å²) in [7, 11) is -4.65. The Kier molecular flexibility index (Phi) is 7.03. The average Bonchev–Trinajstić information content (AvgIpc) is 2.76. The van der Waals surface area contributed by atoms with Crippen LogP contribution in [-0.4, -0.2) is 54.7 Å². The summed E-state index contributed by atoms with van der Waals surface area (Å²) in [4.78, 5) is 16.8. The van der Waals surface area contributed by atoms with Crippen LogP contribution in [0.2, 0.25) is 0 Å². The van der Waals surface area contributed by atoms with Crippen molar-refractivity contribution in [1.29, 1.82) is 0 Å². The first-order valence-corrected chi connectivity index (χ1v) is 11.2. The van der Waals surface area contributed by atoms with Crippen molar-refractivity contribution < 1.29 is 39.6 Å². The smallest absolute Gasteiger partial charge is 0.340 e. The van der Waals surface area contributed by atoms with Crippen molar-refractivity contribution in [1.82, 2.24) is 14.2 Å². The summed E-state index contributed by atoms with van der Waals surface area (Å²) in [6, 6.07) is 5.50. The average molecular weight is 495 g/mol. The van der Waals surface area contributed by atoms with Gasteiger partial charge in [-0.1, -0.05) is 6.07 Å². The highest BCUT2D eigenvalue weighted by molar-refractivity contribution is 7.89. The van der Waals surface area contributed by atoms with Crippen LogP contribution in [0.1, 0.15) is 23.2 Å². The molecule has 0 unspecified atom stereocenters. The zero-order valence-electron chi connectivity index (χ0n) is 17.0. The second-order valence-electron chi connectivity index (χ2n) is 7.35. The lowest BCUT2D eigenvalue weighted by atomic mass is 10.1. The Morgan fingerprint density at radius 3 is 1.97 bits per heavy atom. The summed E-state index contributed by atoms with van der Waals surface area (Å²) in [5.74, 6) is -0.254. The molecule has 1 aliphatic heterocycles. The highest BCUT2D eigenvalue weighted by Crippen LogP contribution is 2.37. The number of sulfonamides is 1. The van der Waals surface area contributed by atoms with Crippen LogP contribution in [-0.2, 0) is 33.6 Å². The van der Waals surface area contributed by atoms with Crippen LogP contribution >= 0.6 is 0 Å². The van der Waals surface area contributed by atoms with Gasteiger partial charge in [0.1, 0.15) is 0 Å². The molecule has 2 heterocycles. The van der Waals surface area contributed by atoms with E-state index in [1.165, 1.54) is 4.90 Å². The van der Waals surface area contributed by atoms with E-state index in [0.29, 0.717) is 12.1 Å². The van der Waals surface area contributed by atoms with Gasteiger partial charge in [-0.15, -0.1) is 0 Å². The standard InChI is InChI=1S/C20H19F6N3O3S/c21-19(22,23)14-11-15(20(24,25)26)13-17(12-14)33(31,32)29-9-7-28(8-10-29)18(30)5-4-16-3-1-2-6-27-16/h1-3,6,11-13H,4-5,7-10H2. The van der Waals surface area contributed by atoms with E-state index in [9.17, 15) is 39.6 Å². The number of benzene rings is 1. The topological polar surface area (TPSA) is 70.6 Å².